The van der Waals surface area contributed by atoms with Gasteiger partial charge >= 0.3 is 0 Å². The van der Waals surface area contributed by atoms with Gasteiger partial charge in [0.25, 0.3) is 5.91 Å². The fourth-order valence-electron chi connectivity index (χ4n) is 2.90. The second-order valence-electron chi connectivity index (χ2n) is 7.42. The van der Waals surface area contributed by atoms with Gasteiger partial charge in [0.1, 0.15) is 6.54 Å². The van der Waals surface area contributed by atoms with E-state index >= 15 is 0 Å². The van der Waals surface area contributed by atoms with E-state index in [-0.39, 0.29) is 23.9 Å². The molecule has 5 nitrogen and oxygen atoms in total. The van der Waals surface area contributed by atoms with Crippen molar-refractivity contribution >= 4 is 11.8 Å². The van der Waals surface area contributed by atoms with Crippen LogP contribution in [0.25, 0.3) is 0 Å². The van der Waals surface area contributed by atoms with Gasteiger partial charge in [-0.15, -0.1) is 0 Å². The van der Waals surface area contributed by atoms with E-state index < -0.39 is 0 Å². The lowest BCUT2D eigenvalue weighted by atomic mass is 10.00. The Balaban J connectivity index is 1.84. The quantitative estimate of drug-likeness (QED) is 0.821. The lowest BCUT2D eigenvalue weighted by molar-refractivity contribution is -0.908. The van der Waals surface area contributed by atoms with Crippen molar-refractivity contribution in [3.05, 3.63) is 35.4 Å². The molecule has 0 radical (unpaired) electrons. The van der Waals surface area contributed by atoms with Gasteiger partial charge in [0.05, 0.1) is 13.1 Å². The maximum Gasteiger partial charge on any atom is 0.277 e. The van der Waals surface area contributed by atoms with E-state index in [4.69, 9.17) is 0 Å². The van der Waals surface area contributed by atoms with Gasteiger partial charge in [-0.2, -0.15) is 0 Å². The molecule has 0 aromatic heterocycles. The normalized spacial score (nSPS) is 17.3. The topological polar surface area (TPSA) is 53.9 Å². The van der Waals surface area contributed by atoms with Gasteiger partial charge in [-0.05, 0) is 26.3 Å². The Morgan fingerprint density at radius 3 is 2.52 bits per heavy atom. The Morgan fingerprint density at radius 2 is 1.87 bits per heavy atom. The van der Waals surface area contributed by atoms with Crippen LogP contribution in [0.2, 0.25) is 0 Å². The van der Waals surface area contributed by atoms with Gasteiger partial charge in [-0.25, -0.2) is 0 Å². The second kappa shape index (κ2) is 7.13. The molecule has 0 saturated carbocycles. The van der Waals surface area contributed by atoms with Crippen LogP contribution >= 0.6 is 0 Å². The lowest BCUT2D eigenvalue weighted by Gasteiger charge is -2.27. The lowest BCUT2D eigenvalue weighted by Crippen LogP contribution is -3.12. The van der Waals surface area contributed by atoms with Gasteiger partial charge in [0.2, 0.25) is 5.91 Å². The van der Waals surface area contributed by atoms with Crippen LogP contribution in [0, 0.1) is 0 Å². The summed E-state index contributed by atoms with van der Waals surface area (Å²) in [7, 11) is 1.70. The van der Waals surface area contributed by atoms with Crippen LogP contribution in [-0.2, 0) is 22.6 Å². The predicted octanol–water partition coefficient (Wildman–Crippen LogP) is 0.000700. The minimum atomic E-state index is -0.275. The molecule has 1 atom stereocenters. The van der Waals surface area contributed by atoms with Crippen LogP contribution in [0.15, 0.2) is 24.3 Å². The molecule has 0 bridgehead atoms. The number of likely N-dealkylation sites (N-methyl/N-ethyl adjacent to an activating group) is 1. The number of rotatable bonds is 4. The van der Waals surface area contributed by atoms with E-state index in [9.17, 15) is 9.59 Å². The summed E-state index contributed by atoms with van der Waals surface area (Å²) in [6.45, 7) is 8.19. The molecule has 1 aliphatic heterocycles. The summed E-state index contributed by atoms with van der Waals surface area (Å²) in [4.78, 5) is 27.1. The average molecular weight is 318 g/mol. The van der Waals surface area contributed by atoms with E-state index in [2.05, 4.69) is 23.5 Å². The Morgan fingerprint density at radius 1 is 1.22 bits per heavy atom. The highest BCUT2D eigenvalue weighted by Gasteiger charge is 2.24. The Hall–Kier alpha value is -1.88. The molecular formula is C18H28N3O2+. The van der Waals surface area contributed by atoms with Gasteiger partial charge in [0, 0.05) is 24.6 Å². The van der Waals surface area contributed by atoms with Crippen LogP contribution in [0.4, 0.5) is 0 Å². The van der Waals surface area contributed by atoms with Gasteiger partial charge in [-0.3, -0.25) is 9.59 Å². The van der Waals surface area contributed by atoms with Crippen LogP contribution in [0.3, 0.4) is 0 Å². The highest BCUT2D eigenvalue weighted by Crippen LogP contribution is 2.10. The minimum Gasteiger partial charge on any atom is -0.350 e. The zero-order chi connectivity index (χ0) is 17.0. The first kappa shape index (κ1) is 17.5. The zero-order valence-electron chi connectivity index (χ0n) is 14.6. The fraction of sp³-hybridized carbons (Fsp3) is 0.556. The van der Waals surface area contributed by atoms with Gasteiger partial charge in [0.15, 0.2) is 6.54 Å². The molecule has 1 unspecified atom stereocenters. The molecule has 0 fully saturated rings. The van der Waals surface area contributed by atoms with Crippen molar-refractivity contribution in [1.29, 1.82) is 0 Å². The van der Waals surface area contributed by atoms with E-state index in [0.717, 1.165) is 19.5 Å². The standard InChI is InChI=1S/C18H27N3O2/c1-18(2,3)19-16(22)12-20(4)17(23)13-21-10-9-14-7-5-6-8-15(14)11-21/h5-8H,9-13H2,1-4H3,(H,19,22)/p+1. The molecule has 0 aliphatic carbocycles. The maximum absolute atomic E-state index is 12.3. The van der Waals surface area contributed by atoms with Crippen LogP contribution in [0.1, 0.15) is 31.9 Å². The fourth-order valence-corrected chi connectivity index (χ4v) is 2.90. The minimum absolute atomic E-state index is 0.0171. The summed E-state index contributed by atoms with van der Waals surface area (Å²) in [6.07, 6.45) is 1.01. The van der Waals surface area contributed by atoms with Crippen molar-refractivity contribution in [2.75, 3.05) is 26.7 Å². The number of fused-ring (bicyclic) bond motifs is 1. The third-order valence-electron chi connectivity index (χ3n) is 4.03. The van der Waals surface area contributed by atoms with Gasteiger partial charge in [-0.1, -0.05) is 24.3 Å². The molecule has 0 saturated heterocycles. The Bertz CT molecular complexity index is 578. The van der Waals surface area contributed by atoms with E-state index in [1.165, 1.54) is 20.9 Å². The molecule has 0 spiro atoms. The Kier molecular flexibility index (Phi) is 5.42. The molecule has 23 heavy (non-hydrogen) atoms. The molecule has 1 aliphatic rings. The molecule has 2 N–H and O–H groups in total. The molecule has 126 valence electrons. The number of nitrogens with one attached hydrogen (secondary N) is 2. The maximum atomic E-state index is 12.3. The van der Waals surface area contributed by atoms with Gasteiger partial charge < -0.3 is 15.1 Å². The third kappa shape index (κ3) is 5.36. The first-order valence-electron chi connectivity index (χ1n) is 8.20. The second-order valence-corrected chi connectivity index (χ2v) is 7.42. The number of hydrogen-bond donors (Lipinski definition) is 2. The average Bonchev–Trinajstić information content (AvgIpc) is 2.45. The summed E-state index contributed by atoms with van der Waals surface area (Å²) in [5.74, 6) is -0.101. The van der Waals surface area contributed by atoms with Crippen LogP contribution in [-0.4, -0.2) is 48.9 Å². The number of carbonyl (C=O) groups is 2. The van der Waals surface area contributed by atoms with Crippen molar-refractivity contribution in [2.45, 2.75) is 39.3 Å². The number of amides is 2. The molecule has 2 rings (SSSR count). The number of benzene rings is 1. The van der Waals surface area contributed by atoms with E-state index in [1.54, 1.807) is 7.05 Å². The molecule has 1 heterocycles. The monoisotopic (exact) mass is 318 g/mol. The van der Waals surface area contributed by atoms with E-state index in [1.807, 2.05) is 26.8 Å². The summed E-state index contributed by atoms with van der Waals surface area (Å²) < 4.78 is 0. The van der Waals surface area contributed by atoms with Crippen molar-refractivity contribution < 1.29 is 14.5 Å². The first-order chi connectivity index (χ1) is 10.7. The zero-order valence-corrected chi connectivity index (χ0v) is 14.6. The largest absolute Gasteiger partial charge is 0.350 e. The van der Waals surface area contributed by atoms with Crippen molar-refractivity contribution in [3.63, 3.8) is 0 Å². The van der Waals surface area contributed by atoms with Crippen LogP contribution in [0.5, 0.6) is 0 Å². The SMILES string of the molecule is CN(CC(=O)NC(C)(C)C)C(=O)C[NH+]1CCc2ccccc2C1. The summed E-state index contributed by atoms with van der Waals surface area (Å²) in [5, 5.41) is 2.88. The number of hydrogen-bond acceptors (Lipinski definition) is 2. The summed E-state index contributed by atoms with van der Waals surface area (Å²) in [5.41, 5.74) is 2.44. The number of quaternary nitrogens is 1. The Labute approximate surface area is 138 Å². The molecule has 2 amide bonds. The highest BCUT2D eigenvalue weighted by molar-refractivity contribution is 5.85. The van der Waals surface area contributed by atoms with Crippen LogP contribution < -0.4 is 10.2 Å². The summed E-state index contributed by atoms with van der Waals surface area (Å²) in [6, 6.07) is 8.42. The third-order valence-corrected chi connectivity index (χ3v) is 4.03. The highest BCUT2D eigenvalue weighted by atomic mass is 16.2. The van der Waals surface area contributed by atoms with Crippen molar-refractivity contribution in [1.82, 2.24) is 10.2 Å². The smallest absolute Gasteiger partial charge is 0.277 e. The molecule has 1 aromatic rings. The predicted molar refractivity (Wildman–Crippen MR) is 90.1 cm³/mol. The van der Waals surface area contributed by atoms with Crippen molar-refractivity contribution in [3.8, 4) is 0 Å². The van der Waals surface area contributed by atoms with E-state index in [0.29, 0.717) is 6.54 Å². The molecular weight excluding hydrogens is 290 g/mol. The summed E-state index contributed by atoms with van der Waals surface area (Å²) >= 11 is 0. The molecule has 1 aromatic carbocycles. The number of carbonyl (C=O) groups excluding carboxylic acids is 2. The first-order valence-corrected chi connectivity index (χ1v) is 8.20. The van der Waals surface area contributed by atoms with Crippen molar-refractivity contribution in [2.24, 2.45) is 0 Å². The number of nitrogens with zero attached hydrogens (tertiary/aromatic N) is 1. The molecule has 5 heteroatoms.